The molecule has 7 nitrogen and oxygen atoms in total. The molecular formula is C30H31F2IN2O5. The van der Waals surface area contributed by atoms with Crippen LogP contribution in [0.5, 0.6) is 11.5 Å². The van der Waals surface area contributed by atoms with Crippen LogP contribution in [0.25, 0.3) is 0 Å². The van der Waals surface area contributed by atoms with Crippen molar-refractivity contribution >= 4 is 34.3 Å². The minimum Gasteiger partial charge on any atom is -0.493 e. The van der Waals surface area contributed by atoms with Gasteiger partial charge in [-0.05, 0) is 76.5 Å². The zero-order valence-corrected chi connectivity index (χ0v) is 24.2. The number of aliphatic hydroxyl groups excluding tert-OH is 1. The number of carbonyl (C=O) groups is 2. The van der Waals surface area contributed by atoms with Crippen LogP contribution >= 0.6 is 22.6 Å². The molecule has 0 unspecified atom stereocenters. The topological polar surface area (TPSA) is 96.9 Å². The molecule has 0 saturated carbocycles. The molecule has 3 N–H and O–H groups in total. The van der Waals surface area contributed by atoms with E-state index < -0.39 is 29.7 Å². The van der Waals surface area contributed by atoms with Crippen molar-refractivity contribution in [3.8, 4) is 11.5 Å². The first kappa shape index (κ1) is 29.9. The lowest BCUT2D eigenvalue weighted by atomic mass is 9.97. The van der Waals surface area contributed by atoms with Gasteiger partial charge in [0.15, 0.2) is 17.3 Å². The molecule has 3 aromatic rings. The smallest absolute Gasteiger partial charge is 0.220 e. The Balaban J connectivity index is 1.39. The standard InChI is InChI=1S/C30H31F2IN2O5/c1-39-28-7-5-23(24-9-10-40-30(24)28)26(36)6-8-29(38)35-25(14-19-11-20(31)15-21(32)12-19)27(37)17-34-16-18-3-2-4-22(33)13-18/h2-5,7,11-13,15,25,27,34,37H,6,8-10,14,16-17H2,1H3,(H,35,38)/t25-,27-/m0/s1. The Labute approximate surface area is 245 Å². The number of aliphatic hydroxyl groups is 1. The minimum atomic E-state index is -1.06. The maximum absolute atomic E-state index is 13.8. The van der Waals surface area contributed by atoms with Crippen LogP contribution in [0, 0.1) is 15.2 Å². The van der Waals surface area contributed by atoms with Gasteiger partial charge in [0.05, 0.1) is 25.9 Å². The third-order valence-corrected chi connectivity index (χ3v) is 7.35. The molecule has 0 spiro atoms. The Kier molecular flexibility index (Phi) is 10.5. The summed E-state index contributed by atoms with van der Waals surface area (Å²) in [5.74, 6) is -1.03. The second-order valence-electron chi connectivity index (χ2n) is 9.63. The van der Waals surface area contributed by atoms with Crippen molar-refractivity contribution in [3.63, 3.8) is 0 Å². The molecule has 0 fully saturated rings. The van der Waals surface area contributed by atoms with Gasteiger partial charge in [-0.15, -0.1) is 0 Å². The van der Waals surface area contributed by atoms with Crippen molar-refractivity contribution in [1.29, 1.82) is 0 Å². The molecule has 3 aromatic carbocycles. The largest absolute Gasteiger partial charge is 0.493 e. The van der Waals surface area contributed by atoms with Crippen molar-refractivity contribution in [2.45, 2.75) is 44.4 Å². The van der Waals surface area contributed by atoms with E-state index in [1.54, 1.807) is 12.1 Å². The second-order valence-corrected chi connectivity index (χ2v) is 10.9. The SMILES string of the molecule is COc1ccc(C(=O)CCC(=O)N[C@@H](Cc2cc(F)cc(F)c2)[C@@H](O)CNCc2cccc(I)c2)c2c1OCC2. The highest BCUT2D eigenvalue weighted by molar-refractivity contribution is 14.1. The molecule has 0 radical (unpaired) electrons. The molecule has 1 aliphatic rings. The molecule has 4 rings (SSSR count). The maximum Gasteiger partial charge on any atom is 0.220 e. The van der Waals surface area contributed by atoms with Crippen LogP contribution in [-0.2, 0) is 24.2 Å². The number of rotatable bonds is 13. The Morgan fingerprint density at radius 1 is 1.07 bits per heavy atom. The molecule has 40 heavy (non-hydrogen) atoms. The summed E-state index contributed by atoms with van der Waals surface area (Å²) in [6.07, 6.45) is -0.642. The van der Waals surface area contributed by atoms with E-state index in [0.29, 0.717) is 42.2 Å². The molecule has 0 aromatic heterocycles. The van der Waals surface area contributed by atoms with E-state index in [-0.39, 0.29) is 31.6 Å². The average molecular weight is 664 g/mol. The molecular weight excluding hydrogens is 633 g/mol. The van der Waals surface area contributed by atoms with Gasteiger partial charge in [-0.25, -0.2) is 8.78 Å². The summed E-state index contributed by atoms with van der Waals surface area (Å²) in [5.41, 5.74) is 2.59. The maximum atomic E-state index is 13.8. The van der Waals surface area contributed by atoms with Gasteiger partial charge in [-0.1, -0.05) is 12.1 Å². The number of Topliss-reactive ketones (excluding diaryl/α,β-unsaturated/α-hetero) is 1. The van der Waals surface area contributed by atoms with Gasteiger partial charge in [0.1, 0.15) is 11.6 Å². The predicted molar refractivity (Wildman–Crippen MR) is 155 cm³/mol. The Hall–Kier alpha value is -3.09. The summed E-state index contributed by atoms with van der Waals surface area (Å²) in [7, 11) is 1.53. The lowest BCUT2D eigenvalue weighted by Crippen LogP contribution is -2.48. The van der Waals surface area contributed by atoms with Crippen LogP contribution in [0.2, 0.25) is 0 Å². The zero-order valence-electron chi connectivity index (χ0n) is 22.0. The first-order valence-electron chi connectivity index (χ1n) is 13.0. The number of ether oxygens (including phenoxy) is 2. The highest BCUT2D eigenvalue weighted by Crippen LogP contribution is 2.38. The summed E-state index contributed by atoms with van der Waals surface area (Å²) in [6, 6.07) is 13.5. The number of nitrogens with one attached hydrogen (secondary N) is 2. The highest BCUT2D eigenvalue weighted by atomic mass is 127. The molecule has 1 amide bonds. The minimum absolute atomic E-state index is 0.00375. The Morgan fingerprint density at radius 2 is 1.85 bits per heavy atom. The molecule has 10 heteroatoms. The number of benzene rings is 3. The average Bonchev–Trinajstić information content (AvgIpc) is 3.40. The first-order chi connectivity index (χ1) is 19.2. The fourth-order valence-electron chi connectivity index (χ4n) is 4.75. The van der Waals surface area contributed by atoms with Crippen molar-refractivity contribution in [2.24, 2.45) is 0 Å². The van der Waals surface area contributed by atoms with E-state index in [1.165, 1.54) is 19.2 Å². The van der Waals surface area contributed by atoms with Crippen molar-refractivity contribution in [1.82, 2.24) is 10.6 Å². The highest BCUT2D eigenvalue weighted by Gasteiger charge is 2.26. The van der Waals surface area contributed by atoms with Gasteiger partial charge in [-0.2, -0.15) is 0 Å². The van der Waals surface area contributed by atoms with Crippen LogP contribution in [-0.4, -0.2) is 49.2 Å². The summed E-state index contributed by atoms with van der Waals surface area (Å²) < 4.78 is 39.6. The number of carbonyl (C=O) groups excluding carboxylic acids is 2. The second kappa shape index (κ2) is 14.0. The summed E-state index contributed by atoms with van der Waals surface area (Å²) >= 11 is 2.22. The third-order valence-electron chi connectivity index (χ3n) is 6.68. The van der Waals surface area contributed by atoms with Crippen LogP contribution in [0.3, 0.4) is 0 Å². The monoisotopic (exact) mass is 664 g/mol. The molecule has 0 saturated heterocycles. The van der Waals surface area contributed by atoms with E-state index in [9.17, 15) is 23.5 Å². The normalized spacial score (nSPS) is 13.7. The summed E-state index contributed by atoms with van der Waals surface area (Å²) in [4.78, 5) is 25.9. The number of hydrogen-bond acceptors (Lipinski definition) is 6. The molecule has 0 bridgehead atoms. The van der Waals surface area contributed by atoms with Crippen LogP contribution < -0.4 is 20.1 Å². The van der Waals surface area contributed by atoms with Gasteiger partial charge >= 0.3 is 0 Å². The number of methoxy groups -OCH3 is 1. The molecule has 0 aliphatic carbocycles. The van der Waals surface area contributed by atoms with E-state index in [4.69, 9.17) is 9.47 Å². The molecule has 1 aliphatic heterocycles. The predicted octanol–water partition coefficient (Wildman–Crippen LogP) is 4.35. The lowest BCUT2D eigenvalue weighted by Gasteiger charge is -2.25. The van der Waals surface area contributed by atoms with E-state index >= 15 is 0 Å². The first-order valence-corrected chi connectivity index (χ1v) is 14.0. The van der Waals surface area contributed by atoms with Gasteiger partial charge in [-0.3, -0.25) is 9.59 Å². The fraction of sp³-hybridized carbons (Fsp3) is 0.333. The van der Waals surface area contributed by atoms with Gasteiger partial charge in [0, 0.05) is 53.1 Å². The van der Waals surface area contributed by atoms with Gasteiger partial charge in [0.2, 0.25) is 5.91 Å². The zero-order chi connectivity index (χ0) is 28.6. The summed E-state index contributed by atoms with van der Waals surface area (Å²) in [5, 5.41) is 16.9. The van der Waals surface area contributed by atoms with Gasteiger partial charge < -0.3 is 25.2 Å². The quantitative estimate of drug-likeness (QED) is 0.186. The van der Waals surface area contributed by atoms with Crippen LogP contribution in [0.1, 0.15) is 39.9 Å². The van der Waals surface area contributed by atoms with E-state index in [0.717, 1.165) is 20.8 Å². The lowest BCUT2D eigenvalue weighted by molar-refractivity contribution is -0.122. The molecule has 1 heterocycles. The van der Waals surface area contributed by atoms with Gasteiger partial charge in [0.25, 0.3) is 0 Å². The number of fused-ring (bicyclic) bond motifs is 1. The third kappa shape index (κ3) is 7.98. The number of halogens is 3. The number of ketones is 1. The van der Waals surface area contributed by atoms with Crippen molar-refractivity contribution < 1.29 is 33.0 Å². The van der Waals surface area contributed by atoms with Crippen LogP contribution in [0.4, 0.5) is 8.78 Å². The molecule has 2 atom stereocenters. The number of hydrogen-bond donors (Lipinski definition) is 3. The molecule has 212 valence electrons. The summed E-state index contributed by atoms with van der Waals surface area (Å²) in [6.45, 7) is 1.08. The van der Waals surface area contributed by atoms with E-state index in [1.807, 2.05) is 24.3 Å². The fourth-order valence-corrected chi connectivity index (χ4v) is 5.36. The Morgan fingerprint density at radius 3 is 2.58 bits per heavy atom. The van der Waals surface area contributed by atoms with Crippen molar-refractivity contribution in [2.75, 3.05) is 20.3 Å². The van der Waals surface area contributed by atoms with Crippen LogP contribution in [0.15, 0.2) is 54.6 Å². The van der Waals surface area contributed by atoms with E-state index in [2.05, 4.69) is 33.2 Å². The Bertz CT molecular complexity index is 1350. The van der Waals surface area contributed by atoms with Crippen molar-refractivity contribution in [3.05, 3.63) is 92.1 Å². The number of amides is 1.